The molecule has 4 N–H and O–H groups in total. The fourth-order valence-corrected chi connectivity index (χ4v) is 4.51. The summed E-state index contributed by atoms with van der Waals surface area (Å²) in [6, 6.07) is 19.1. The van der Waals surface area contributed by atoms with Crippen molar-refractivity contribution in [3.05, 3.63) is 66.7 Å². The molecule has 0 aliphatic rings. The fraction of sp³-hybridized carbons (Fsp3) is 0.250. The number of unbranched alkanes of at least 4 members (excludes halogenated alkanes) is 1. The van der Waals surface area contributed by atoms with E-state index in [0.717, 1.165) is 23.7 Å². The Bertz CT molecular complexity index is 1480. The van der Waals surface area contributed by atoms with Gasteiger partial charge in [0.05, 0.1) is 37.5 Å². The van der Waals surface area contributed by atoms with Gasteiger partial charge >= 0.3 is 0 Å². The first-order chi connectivity index (χ1) is 19.4. The molecule has 40 heavy (non-hydrogen) atoms. The predicted molar refractivity (Wildman–Crippen MR) is 158 cm³/mol. The van der Waals surface area contributed by atoms with Crippen LogP contribution in [-0.4, -0.2) is 51.9 Å². The molecule has 0 aliphatic carbocycles. The number of amides is 1. The van der Waals surface area contributed by atoms with Crippen LogP contribution in [0.5, 0.6) is 11.5 Å². The summed E-state index contributed by atoms with van der Waals surface area (Å²) in [6.07, 6.45) is 2.01. The Balaban J connectivity index is 1.72. The molecule has 12 heteroatoms. The van der Waals surface area contributed by atoms with Crippen molar-refractivity contribution < 1.29 is 23.0 Å². The van der Waals surface area contributed by atoms with Gasteiger partial charge in [-0.2, -0.15) is 0 Å². The Kier molecular flexibility index (Phi) is 9.84. The van der Waals surface area contributed by atoms with Crippen molar-refractivity contribution >= 4 is 56.9 Å². The molecule has 1 aromatic heterocycles. The number of nitrogens with zero attached hydrogens (tertiary/aromatic N) is 3. The highest BCUT2D eigenvalue weighted by atomic mass is 32.2. The summed E-state index contributed by atoms with van der Waals surface area (Å²) in [5.74, 6) is 1.21. The SMILES string of the molecule is CCCCNCC(=O)Nc1cccc(N(c2nc3ccccc3nc2Nc2cc(OC)cc(OC)c2)S(=O)O)c1. The maximum atomic E-state index is 12.8. The second-order valence-electron chi connectivity index (χ2n) is 8.76. The lowest BCUT2D eigenvalue weighted by molar-refractivity contribution is -0.115. The van der Waals surface area contributed by atoms with Gasteiger partial charge in [0, 0.05) is 29.6 Å². The zero-order valence-corrected chi connectivity index (χ0v) is 23.3. The molecule has 1 heterocycles. The van der Waals surface area contributed by atoms with Crippen LogP contribution in [0.15, 0.2) is 66.7 Å². The minimum atomic E-state index is -2.54. The first kappa shape index (κ1) is 28.7. The number of anilines is 5. The second-order valence-corrected chi connectivity index (χ2v) is 9.59. The topological polar surface area (TPSA) is 138 Å². The molecule has 0 fully saturated rings. The van der Waals surface area contributed by atoms with Crippen molar-refractivity contribution in [2.75, 3.05) is 42.2 Å². The molecular weight excluding hydrogens is 532 g/mol. The highest BCUT2D eigenvalue weighted by molar-refractivity contribution is 7.81. The van der Waals surface area contributed by atoms with E-state index in [1.807, 2.05) is 12.1 Å². The quantitative estimate of drug-likeness (QED) is 0.131. The van der Waals surface area contributed by atoms with Crippen LogP contribution < -0.4 is 29.7 Å². The van der Waals surface area contributed by atoms with Gasteiger partial charge in [-0.05, 0) is 43.3 Å². The molecule has 0 aliphatic heterocycles. The lowest BCUT2D eigenvalue weighted by Crippen LogP contribution is -2.28. The summed E-state index contributed by atoms with van der Waals surface area (Å²) < 4.78 is 35.1. The number of hydrogen-bond acceptors (Lipinski definition) is 8. The predicted octanol–water partition coefficient (Wildman–Crippen LogP) is 4.99. The van der Waals surface area contributed by atoms with Crippen LogP contribution in [0.1, 0.15) is 19.8 Å². The minimum Gasteiger partial charge on any atom is -0.497 e. The number of carbonyl (C=O) groups excluding carboxylic acids is 1. The van der Waals surface area contributed by atoms with Crippen LogP contribution >= 0.6 is 0 Å². The summed E-state index contributed by atoms with van der Waals surface area (Å²) >= 11 is -2.54. The van der Waals surface area contributed by atoms with Crippen LogP contribution in [0, 0.1) is 0 Å². The van der Waals surface area contributed by atoms with Crippen molar-refractivity contribution in [3.63, 3.8) is 0 Å². The molecule has 210 valence electrons. The minimum absolute atomic E-state index is 0.103. The number of rotatable bonds is 13. The van der Waals surface area contributed by atoms with Gasteiger partial charge in [0.25, 0.3) is 11.3 Å². The molecule has 0 radical (unpaired) electrons. The molecular formula is C28H32N6O5S. The van der Waals surface area contributed by atoms with Gasteiger partial charge in [-0.15, -0.1) is 0 Å². The van der Waals surface area contributed by atoms with Gasteiger partial charge in [0.15, 0.2) is 11.6 Å². The average Bonchev–Trinajstić information content (AvgIpc) is 2.95. The van der Waals surface area contributed by atoms with E-state index in [-0.39, 0.29) is 24.1 Å². The van der Waals surface area contributed by atoms with Crippen LogP contribution in [0.25, 0.3) is 11.0 Å². The van der Waals surface area contributed by atoms with E-state index in [4.69, 9.17) is 19.4 Å². The molecule has 1 unspecified atom stereocenters. The Morgan fingerprint density at radius 3 is 2.30 bits per heavy atom. The van der Waals surface area contributed by atoms with E-state index < -0.39 is 11.3 Å². The number of para-hydroxylation sites is 2. The molecule has 1 atom stereocenters. The first-order valence-electron chi connectivity index (χ1n) is 12.7. The standard InChI is InChI=1S/C28H32N6O5S/c1-4-5-13-29-18-26(35)30-19-9-8-10-21(14-19)34(40(36)37)28-27(32-24-11-6-7-12-25(24)33-28)31-20-15-22(38-2)17-23(16-20)39-3/h6-12,14-17,29H,4-5,13,18H2,1-3H3,(H,30,35)(H,31,32)(H,36,37). The monoisotopic (exact) mass is 564 g/mol. The molecule has 0 saturated heterocycles. The van der Waals surface area contributed by atoms with Crippen LogP contribution in [0.4, 0.5) is 28.7 Å². The number of aromatic nitrogens is 2. The zero-order valence-electron chi connectivity index (χ0n) is 22.5. The highest BCUT2D eigenvalue weighted by Gasteiger charge is 2.23. The molecule has 4 aromatic rings. The summed E-state index contributed by atoms with van der Waals surface area (Å²) in [5, 5.41) is 9.12. The van der Waals surface area contributed by atoms with E-state index in [2.05, 4.69) is 22.9 Å². The maximum Gasteiger partial charge on any atom is 0.268 e. The lowest BCUT2D eigenvalue weighted by Gasteiger charge is -2.23. The van der Waals surface area contributed by atoms with Gasteiger partial charge < -0.3 is 25.4 Å². The fourth-order valence-electron chi connectivity index (χ4n) is 3.94. The Morgan fingerprint density at radius 1 is 0.950 bits per heavy atom. The smallest absolute Gasteiger partial charge is 0.268 e. The van der Waals surface area contributed by atoms with Crippen LogP contribution in [0.3, 0.4) is 0 Å². The summed E-state index contributed by atoms with van der Waals surface area (Å²) in [6.45, 7) is 2.99. The number of hydrogen-bond donors (Lipinski definition) is 4. The van der Waals surface area contributed by atoms with E-state index in [1.54, 1.807) is 68.8 Å². The molecule has 3 aromatic carbocycles. The van der Waals surface area contributed by atoms with Crippen molar-refractivity contribution in [1.82, 2.24) is 15.3 Å². The number of ether oxygens (including phenoxy) is 2. The molecule has 11 nitrogen and oxygen atoms in total. The summed E-state index contributed by atoms with van der Waals surface area (Å²) in [4.78, 5) is 21.8. The third-order valence-electron chi connectivity index (χ3n) is 5.87. The van der Waals surface area contributed by atoms with Gasteiger partial charge in [0.2, 0.25) is 5.91 Å². The number of methoxy groups -OCH3 is 2. The van der Waals surface area contributed by atoms with Gasteiger partial charge in [-0.25, -0.2) is 18.5 Å². The largest absolute Gasteiger partial charge is 0.497 e. The van der Waals surface area contributed by atoms with Crippen molar-refractivity contribution in [3.8, 4) is 11.5 Å². The van der Waals surface area contributed by atoms with E-state index in [1.165, 1.54) is 0 Å². The van der Waals surface area contributed by atoms with E-state index in [0.29, 0.717) is 39.6 Å². The highest BCUT2D eigenvalue weighted by Crippen LogP contribution is 2.36. The van der Waals surface area contributed by atoms with Gasteiger partial charge in [-0.1, -0.05) is 31.5 Å². The van der Waals surface area contributed by atoms with Crippen LogP contribution in [0.2, 0.25) is 0 Å². The lowest BCUT2D eigenvalue weighted by atomic mass is 10.2. The summed E-state index contributed by atoms with van der Waals surface area (Å²) in [5.41, 5.74) is 2.49. The van der Waals surface area contributed by atoms with Crippen LogP contribution in [-0.2, 0) is 16.1 Å². The summed E-state index contributed by atoms with van der Waals surface area (Å²) in [7, 11) is 3.09. The number of benzene rings is 3. The second kappa shape index (κ2) is 13.7. The Labute approximate surface area is 235 Å². The zero-order chi connectivity index (χ0) is 28.5. The van der Waals surface area contributed by atoms with Crippen molar-refractivity contribution in [2.24, 2.45) is 0 Å². The van der Waals surface area contributed by atoms with E-state index in [9.17, 15) is 13.6 Å². The maximum absolute atomic E-state index is 12.8. The van der Waals surface area contributed by atoms with E-state index >= 15 is 0 Å². The number of nitrogens with one attached hydrogen (secondary N) is 3. The Hall–Kier alpha value is -4.26. The molecule has 0 spiro atoms. The molecule has 1 amide bonds. The normalized spacial score (nSPS) is 11.6. The number of fused-ring (bicyclic) bond motifs is 1. The molecule has 0 saturated carbocycles. The van der Waals surface area contributed by atoms with Crippen molar-refractivity contribution in [1.29, 1.82) is 0 Å². The van der Waals surface area contributed by atoms with Gasteiger partial charge in [-0.3, -0.25) is 9.35 Å². The Morgan fingerprint density at radius 2 is 1.65 bits per heavy atom. The van der Waals surface area contributed by atoms with Gasteiger partial charge in [0.1, 0.15) is 11.5 Å². The van der Waals surface area contributed by atoms with Crippen molar-refractivity contribution in [2.45, 2.75) is 19.8 Å². The molecule has 0 bridgehead atoms. The third-order valence-corrected chi connectivity index (χ3v) is 6.57. The third kappa shape index (κ3) is 7.23. The molecule has 4 rings (SSSR count). The average molecular weight is 565 g/mol. The first-order valence-corrected chi connectivity index (χ1v) is 13.8. The number of carbonyl (C=O) groups is 1.